The van der Waals surface area contributed by atoms with Gasteiger partial charge in [-0.1, -0.05) is 20.8 Å². The summed E-state index contributed by atoms with van der Waals surface area (Å²) in [4.78, 5) is 24.2. The third kappa shape index (κ3) is 3.37. The Labute approximate surface area is 109 Å². The summed E-state index contributed by atoms with van der Waals surface area (Å²) < 4.78 is 0. The molecule has 18 heavy (non-hydrogen) atoms. The van der Waals surface area contributed by atoms with Gasteiger partial charge >= 0.3 is 12.0 Å². The van der Waals surface area contributed by atoms with E-state index < -0.39 is 5.97 Å². The fourth-order valence-electron chi connectivity index (χ4n) is 2.43. The van der Waals surface area contributed by atoms with Crippen LogP contribution in [-0.4, -0.2) is 40.6 Å². The number of nitrogens with zero attached hydrogens (tertiary/aromatic N) is 1. The van der Waals surface area contributed by atoms with Crippen LogP contribution in [0.4, 0.5) is 4.79 Å². The van der Waals surface area contributed by atoms with Crippen LogP contribution < -0.4 is 5.32 Å². The van der Waals surface area contributed by atoms with Crippen molar-refractivity contribution in [2.24, 2.45) is 5.92 Å². The molecule has 0 atom stereocenters. The van der Waals surface area contributed by atoms with Crippen LogP contribution in [0.15, 0.2) is 0 Å². The van der Waals surface area contributed by atoms with Gasteiger partial charge in [-0.05, 0) is 19.3 Å². The molecule has 1 fully saturated rings. The SMILES string of the molecule is CCC(CC)(CC)NC(=O)N1CC(CC(=O)O)C1. The molecule has 2 N–H and O–H groups in total. The van der Waals surface area contributed by atoms with Gasteiger partial charge in [0, 0.05) is 24.5 Å². The molecule has 0 saturated carbocycles. The third-order valence-electron chi connectivity index (χ3n) is 4.11. The summed E-state index contributed by atoms with van der Waals surface area (Å²) in [6.45, 7) is 7.36. The summed E-state index contributed by atoms with van der Waals surface area (Å²) in [5.41, 5.74) is -0.116. The van der Waals surface area contributed by atoms with E-state index in [-0.39, 0.29) is 23.9 Å². The topological polar surface area (TPSA) is 69.6 Å². The van der Waals surface area contributed by atoms with Gasteiger partial charge < -0.3 is 15.3 Å². The number of rotatable bonds is 6. The molecule has 0 aromatic heterocycles. The first-order chi connectivity index (χ1) is 8.46. The van der Waals surface area contributed by atoms with Gasteiger partial charge in [0.2, 0.25) is 0 Å². The zero-order chi connectivity index (χ0) is 13.8. The Balaban J connectivity index is 2.41. The fourth-order valence-corrected chi connectivity index (χ4v) is 2.43. The second-order valence-corrected chi connectivity index (χ2v) is 5.14. The standard InChI is InChI=1S/C13H24N2O3/c1-4-13(5-2,6-3)14-12(18)15-8-10(9-15)7-11(16)17/h10H,4-9H2,1-3H3,(H,14,18)(H,16,17). The van der Waals surface area contributed by atoms with Crippen molar-refractivity contribution >= 4 is 12.0 Å². The lowest BCUT2D eigenvalue weighted by atomic mass is 9.89. The maximum atomic E-state index is 12.0. The van der Waals surface area contributed by atoms with Crippen molar-refractivity contribution in [1.29, 1.82) is 0 Å². The lowest BCUT2D eigenvalue weighted by Gasteiger charge is -2.42. The number of likely N-dealkylation sites (tertiary alicyclic amines) is 1. The summed E-state index contributed by atoms with van der Waals surface area (Å²) in [5.74, 6) is -0.669. The summed E-state index contributed by atoms with van der Waals surface area (Å²) in [7, 11) is 0. The molecule has 0 aromatic carbocycles. The van der Waals surface area contributed by atoms with Crippen LogP contribution >= 0.6 is 0 Å². The van der Waals surface area contributed by atoms with Crippen LogP contribution in [0.1, 0.15) is 46.5 Å². The van der Waals surface area contributed by atoms with Crippen LogP contribution in [0.2, 0.25) is 0 Å². The molecular weight excluding hydrogens is 232 g/mol. The van der Waals surface area contributed by atoms with Crippen molar-refractivity contribution in [3.8, 4) is 0 Å². The van der Waals surface area contributed by atoms with Gasteiger partial charge in [0.1, 0.15) is 0 Å². The zero-order valence-electron chi connectivity index (χ0n) is 11.5. The Morgan fingerprint density at radius 2 is 1.72 bits per heavy atom. The van der Waals surface area contributed by atoms with Crippen LogP contribution in [0.3, 0.4) is 0 Å². The predicted molar refractivity (Wildman–Crippen MR) is 69.5 cm³/mol. The number of hydrogen-bond donors (Lipinski definition) is 2. The van der Waals surface area contributed by atoms with Crippen molar-refractivity contribution in [3.63, 3.8) is 0 Å². The van der Waals surface area contributed by atoms with Crippen LogP contribution in [0, 0.1) is 5.92 Å². The van der Waals surface area contributed by atoms with E-state index in [1.54, 1.807) is 4.90 Å². The smallest absolute Gasteiger partial charge is 0.317 e. The molecule has 0 bridgehead atoms. The lowest BCUT2D eigenvalue weighted by Crippen LogP contribution is -2.59. The van der Waals surface area contributed by atoms with Gasteiger partial charge in [0.15, 0.2) is 0 Å². The maximum Gasteiger partial charge on any atom is 0.317 e. The molecule has 2 amide bonds. The zero-order valence-corrected chi connectivity index (χ0v) is 11.5. The van der Waals surface area contributed by atoms with E-state index in [1.807, 2.05) is 0 Å². The van der Waals surface area contributed by atoms with E-state index in [0.717, 1.165) is 19.3 Å². The number of amides is 2. The Bertz CT molecular complexity index is 299. The number of nitrogens with one attached hydrogen (secondary N) is 1. The van der Waals surface area contributed by atoms with E-state index >= 15 is 0 Å². The molecule has 1 aliphatic heterocycles. The summed E-state index contributed by atoms with van der Waals surface area (Å²) in [5, 5.41) is 11.8. The van der Waals surface area contributed by atoms with Gasteiger partial charge in [-0.3, -0.25) is 4.79 Å². The number of carboxylic acids is 1. The van der Waals surface area contributed by atoms with Crippen molar-refractivity contribution in [1.82, 2.24) is 10.2 Å². The first kappa shape index (κ1) is 14.8. The molecular formula is C13H24N2O3. The highest BCUT2D eigenvalue weighted by atomic mass is 16.4. The quantitative estimate of drug-likeness (QED) is 0.764. The number of carbonyl (C=O) groups excluding carboxylic acids is 1. The van der Waals surface area contributed by atoms with Crippen molar-refractivity contribution in [2.45, 2.75) is 52.0 Å². The Morgan fingerprint density at radius 1 is 1.22 bits per heavy atom. The molecule has 1 heterocycles. The minimum absolute atomic E-state index is 0.0535. The largest absolute Gasteiger partial charge is 0.481 e. The molecule has 1 rings (SSSR count). The number of hydrogen-bond acceptors (Lipinski definition) is 2. The molecule has 104 valence electrons. The van der Waals surface area contributed by atoms with Gasteiger partial charge in [0.25, 0.3) is 0 Å². The Hall–Kier alpha value is -1.26. The molecule has 5 heteroatoms. The average molecular weight is 256 g/mol. The number of carboxylic acid groups (broad SMARTS) is 1. The summed E-state index contributed by atoms with van der Waals surface area (Å²) in [6, 6.07) is -0.0535. The van der Waals surface area contributed by atoms with E-state index in [4.69, 9.17) is 5.11 Å². The van der Waals surface area contributed by atoms with E-state index in [0.29, 0.717) is 13.1 Å². The monoisotopic (exact) mass is 256 g/mol. The van der Waals surface area contributed by atoms with Crippen molar-refractivity contribution in [2.75, 3.05) is 13.1 Å². The molecule has 0 aromatic rings. The van der Waals surface area contributed by atoms with Gasteiger partial charge in [-0.2, -0.15) is 0 Å². The van der Waals surface area contributed by atoms with Gasteiger partial charge in [-0.25, -0.2) is 4.79 Å². The van der Waals surface area contributed by atoms with E-state index in [2.05, 4.69) is 26.1 Å². The van der Waals surface area contributed by atoms with Crippen LogP contribution in [0.5, 0.6) is 0 Å². The first-order valence-corrected chi connectivity index (χ1v) is 6.75. The van der Waals surface area contributed by atoms with Crippen molar-refractivity contribution in [3.05, 3.63) is 0 Å². The molecule has 0 spiro atoms. The van der Waals surface area contributed by atoms with Crippen LogP contribution in [-0.2, 0) is 4.79 Å². The normalized spacial score (nSPS) is 16.3. The molecule has 0 unspecified atom stereocenters. The van der Waals surface area contributed by atoms with E-state index in [1.165, 1.54) is 0 Å². The summed E-state index contributed by atoms with van der Waals surface area (Å²) >= 11 is 0. The summed E-state index contributed by atoms with van der Waals surface area (Å²) in [6.07, 6.45) is 2.90. The average Bonchev–Trinajstić information content (AvgIpc) is 2.30. The second-order valence-electron chi connectivity index (χ2n) is 5.14. The molecule has 0 radical (unpaired) electrons. The fraction of sp³-hybridized carbons (Fsp3) is 0.846. The minimum atomic E-state index is -0.787. The third-order valence-corrected chi connectivity index (χ3v) is 4.11. The Kier molecular flexibility index (Phi) is 4.99. The van der Waals surface area contributed by atoms with Gasteiger partial charge in [-0.15, -0.1) is 0 Å². The minimum Gasteiger partial charge on any atom is -0.481 e. The van der Waals surface area contributed by atoms with E-state index in [9.17, 15) is 9.59 Å². The number of aliphatic carboxylic acids is 1. The highest BCUT2D eigenvalue weighted by molar-refractivity contribution is 5.76. The highest BCUT2D eigenvalue weighted by Crippen LogP contribution is 2.23. The number of carbonyl (C=O) groups is 2. The highest BCUT2D eigenvalue weighted by Gasteiger charge is 2.35. The molecule has 5 nitrogen and oxygen atoms in total. The van der Waals surface area contributed by atoms with Gasteiger partial charge in [0.05, 0.1) is 6.42 Å². The van der Waals surface area contributed by atoms with Crippen molar-refractivity contribution < 1.29 is 14.7 Å². The Morgan fingerprint density at radius 3 is 2.11 bits per heavy atom. The molecule has 1 aliphatic rings. The molecule has 0 aliphatic carbocycles. The molecule has 1 saturated heterocycles. The number of urea groups is 1. The predicted octanol–water partition coefficient (Wildman–Crippen LogP) is 2.07. The first-order valence-electron chi connectivity index (χ1n) is 6.75. The second kappa shape index (κ2) is 6.07. The van der Waals surface area contributed by atoms with Crippen LogP contribution in [0.25, 0.3) is 0 Å². The lowest BCUT2D eigenvalue weighted by molar-refractivity contribution is -0.139. The maximum absolute atomic E-state index is 12.0.